The van der Waals surface area contributed by atoms with Crippen LogP contribution in [0.25, 0.3) is 6.08 Å². The lowest BCUT2D eigenvalue weighted by Crippen LogP contribution is -2.43. The van der Waals surface area contributed by atoms with E-state index in [4.69, 9.17) is 16.3 Å². The summed E-state index contributed by atoms with van der Waals surface area (Å²) < 4.78 is 5.52. The highest BCUT2D eigenvalue weighted by Gasteiger charge is 2.07. The maximum Gasteiger partial charge on any atom is 0.276 e. The topological polar surface area (TPSA) is 67.4 Å². The summed E-state index contributed by atoms with van der Waals surface area (Å²) in [5.74, 6) is -0.236. The third kappa shape index (κ3) is 5.63. The predicted molar refractivity (Wildman–Crippen MR) is 103 cm³/mol. The fourth-order valence-corrected chi connectivity index (χ4v) is 2.45. The number of carbonyl (C=O) groups excluding carboxylic acids is 2. The third-order valence-electron chi connectivity index (χ3n) is 3.70. The molecule has 6 heteroatoms. The number of rotatable bonds is 5. The molecule has 0 radical (unpaired) electrons. The Balaban J connectivity index is 1.80. The Morgan fingerprint density at radius 2 is 1.73 bits per heavy atom. The normalized spacial score (nSPS) is 10.6. The first-order chi connectivity index (χ1) is 12.4. The lowest BCUT2D eigenvalue weighted by molar-refractivity contribution is -0.128. The average Bonchev–Trinajstić information content (AvgIpc) is 2.60. The molecule has 0 spiro atoms. The summed E-state index contributed by atoms with van der Waals surface area (Å²) in [6.45, 7) is 5.52. The molecule has 0 aromatic heterocycles. The second kappa shape index (κ2) is 9.06. The van der Waals surface area contributed by atoms with E-state index in [2.05, 4.69) is 10.9 Å². The highest BCUT2D eigenvalue weighted by atomic mass is 35.5. The lowest BCUT2D eigenvalue weighted by Gasteiger charge is -2.11. The highest BCUT2D eigenvalue weighted by molar-refractivity contribution is 6.31. The van der Waals surface area contributed by atoms with Crippen LogP contribution in [0.2, 0.25) is 5.02 Å². The van der Waals surface area contributed by atoms with Gasteiger partial charge in [-0.15, -0.1) is 0 Å². The molecule has 26 heavy (non-hydrogen) atoms. The zero-order valence-electron chi connectivity index (χ0n) is 14.9. The summed E-state index contributed by atoms with van der Waals surface area (Å²) in [6.07, 6.45) is 2.92. The number of hydrazine groups is 1. The molecule has 2 N–H and O–H groups in total. The van der Waals surface area contributed by atoms with Gasteiger partial charge in [0.1, 0.15) is 5.75 Å². The Bertz CT molecular complexity index is 827. The zero-order chi connectivity index (χ0) is 19.1. The Morgan fingerprint density at radius 1 is 1.04 bits per heavy atom. The van der Waals surface area contributed by atoms with Gasteiger partial charge in [0.25, 0.3) is 11.8 Å². The fourth-order valence-electron chi connectivity index (χ4n) is 2.26. The first kappa shape index (κ1) is 19.5. The maximum atomic E-state index is 11.8. The minimum absolute atomic E-state index is 0.191. The van der Waals surface area contributed by atoms with Crippen molar-refractivity contribution >= 4 is 29.5 Å². The van der Waals surface area contributed by atoms with Crippen LogP contribution in [0.15, 0.2) is 42.5 Å². The highest BCUT2D eigenvalue weighted by Crippen LogP contribution is 2.22. The standard InChI is InChI=1S/C20H21ClN2O3/c1-13-7-8-16(11-17(13)21)9-10-18(24)22-23-19(25)12-26-20-14(2)5-4-6-15(20)3/h4-11H,12H2,1-3H3,(H,22,24)(H,23,25)/b10-9+. The van der Waals surface area contributed by atoms with E-state index in [1.807, 2.05) is 51.1 Å². The number of benzene rings is 2. The second-order valence-corrected chi connectivity index (χ2v) is 6.30. The molecule has 0 atom stereocenters. The molecule has 0 aliphatic rings. The van der Waals surface area contributed by atoms with Crippen LogP contribution in [0.5, 0.6) is 5.75 Å². The summed E-state index contributed by atoms with van der Waals surface area (Å²) in [5.41, 5.74) is 8.26. The number of para-hydroxylation sites is 1. The van der Waals surface area contributed by atoms with Crippen molar-refractivity contribution in [1.82, 2.24) is 10.9 Å². The van der Waals surface area contributed by atoms with E-state index in [9.17, 15) is 9.59 Å². The van der Waals surface area contributed by atoms with E-state index in [0.717, 1.165) is 22.3 Å². The summed E-state index contributed by atoms with van der Waals surface area (Å²) >= 11 is 6.03. The average molecular weight is 373 g/mol. The van der Waals surface area contributed by atoms with Gasteiger partial charge >= 0.3 is 0 Å². The molecule has 0 aliphatic heterocycles. The van der Waals surface area contributed by atoms with Crippen LogP contribution in [0.1, 0.15) is 22.3 Å². The van der Waals surface area contributed by atoms with Crippen molar-refractivity contribution in [3.63, 3.8) is 0 Å². The molecule has 0 saturated carbocycles. The monoisotopic (exact) mass is 372 g/mol. The van der Waals surface area contributed by atoms with Gasteiger partial charge in [-0.05, 0) is 55.2 Å². The molecule has 2 rings (SSSR count). The van der Waals surface area contributed by atoms with E-state index in [1.165, 1.54) is 6.08 Å². The molecule has 5 nitrogen and oxygen atoms in total. The quantitative estimate of drug-likeness (QED) is 0.623. The summed E-state index contributed by atoms with van der Waals surface area (Å²) in [5, 5.41) is 0.629. The molecule has 0 unspecified atom stereocenters. The predicted octanol–water partition coefficient (Wildman–Crippen LogP) is 3.50. The van der Waals surface area contributed by atoms with Gasteiger partial charge in [-0.2, -0.15) is 0 Å². The Kier molecular flexibility index (Phi) is 6.81. The maximum absolute atomic E-state index is 11.8. The molecular weight excluding hydrogens is 352 g/mol. The van der Waals surface area contributed by atoms with Crippen LogP contribution in [-0.4, -0.2) is 18.4 Å². The van der Waals surface area contributed by atoms with Crippen molar-refractivity contribution in [2.75, 3.05) is 6.61 Å². The Labute approximate surface area is 158 Å². The van der Waals surface area contributed by atoms with Crippen molar-refractivity contribution in [3.05, 3.63) is 69.8 Å². The molecule has 0 bridgehead atoms. The molecule has 0 heterocycles. The Morgan fingerprint density at radius 3 is 2.38 bits per heavy atom. The number of nitrogens with one attached hydrogen (secondary N) is 2. The van der Waals surface area contributed by atoms with Crippen molar-refractivity contribution in [3.8, 4) is 5.75 Å². The summed E-state index contributed by atoms with van der Waals surface area (Å²) in [4.78, 5) is 23.6. The smallest absolute Gasteiger partial charge is 0.276 e. The van der Waals surface area contributed by atoms with Crippen LogP contribution in [0.4, 0.5) is 0 Å². The largest absolute Gasteiger partial charge is 0.483 e. The van der Waals surface area contributed by atoms with Crippen LogP contribution >= 0.6 is 11.6 Å². The van der Waals surface area contributed by atoms with Gasteiger partial charge in [0.15, 0.2) is 6.61 Å². The zero-order valence-corrected chi connectivity index (χ0v) is 15.7. The van der Waals surface area contributed by atoms with Gasteiger partial charge in [-0.1, -0.05) is 41.9 Å². The van der Waals surface area contributed by atoms with Crippen molar-refractivity contribution in [2.24, 2.45) is 0 Å². The van der Waals surface area contributed by atoms with Gasteiger partial charge in [-0.3, -0.25) is 20.4 Å². The van der Waals surface area contributed by atoms with E-state index >= 15 is 0 Å². The Hall–Kier alpha value is -2.79. The van der Waals surface area contributed by atoms with E-state index in [1.54, 1.807) is 12.1 Å². The van der Waals surface area contributed by atoms with Crippen LogP contribution < -0.4 is 15.6 Å². The van der Waals surface area contributed by atoms with Crippen LogP contribution in [0.3, 0.4) is 0 Å². The molecular formula is C20H21ClN2O3. The minimum atomic E-state index is -0.456. The SMILES string of the molecule is Cc1ccc(/C=C/C(=O)NNC(=O)COc2c(C)cccc2C)cc1Cl. The number of aryl methyl sites for hydroxylation is 3. The van der Waals surface area contributed by atoms with E-state index in [-0.39, 0.29) is 6.61 Å². The first-order valence-electron chi connectivity index (χ1n) is 8.09. The minimum Gasteiger partial charge on any atom is -0.483 e. The molecule has 136 valence electrons. The van der Waals surface area contributed by atoms with Gasteiger partial charge < -0.3 is 4.74 Å². The number of hydrogen-bond acceptors (Lipinski definition) is 3. The molecule has 0 aliphatic carbocycles. The number of ether oxygens (including phenoxy) is 1. The van der Waals surface area contributed by atoms with Crippen LogP contribution in [-0.2, 0) is 9.59 Å². The van der Waals surface area contributed by atoms with E-state index in [0.29, 0.717) is 10.8 Å². The molecule has 0 saturated heterocycles. The third-order valence-corrected chi connectivity index (χ3v) is 4.11. The van der Waals surface area contributed by atoms with Crippen molar-refractivity contribution < 1.29 is 14.3 Å². The van der Waals surface area contributed by atoms with Gasteiger partial charge in [-0.25, -0.2) is 0 Å². The number of carbonyl (C=O) groups is 2. The van der Waals surface area contributed by atoms with Crippen molar-refractivity contribution in [1.29, 1.82) is 0 Å². The van der Waals surface area contributed by atoms with Crippen molar-refractivity contribution in [2.45, 2.75) is 20.8 Å². The number of halogens is 1. The van der Waals surface area contributed by atoms with Crippen LogP contribution in [0, 0.1) is 20.8 Å². The molecule has 2 aromatic carbocycles. The first-order valence-corrected chi connectivity index (χ1v) is 8.46. The fraction of sp³-hybridized carbons (Fsp3) is 0.200. The second-order valence-electron chi connectivity index (χ2n) is 5.89. The van der Waals surface area contributed by atoms with Gasteiger partial charge in [0, 0.05) is 11.1 Å². The summed E-state index contributed by atoms with van der Waals surface area (Å²) in [6, 6.07) is 11.2. The molecule has 2 amide bonds. The molecule has 2 aromatic rings. The lowest BCUT2D eigenvalue weighted by atomic mass is 10.1. The molecule has 0 fully saturated rings. The van der Waals surface area contributed by atoms with Gasteiger partial charge in [0.05, 0.1) is 0 Å². The number of hydrogen-bond donors (Lipinski definition) is 2. The van der Waals surface area contributed by atoms with Gasteiger partial charge in [0.2, 0.25) is 0 Å². The number of amides is 2. The van der Waals surface area contributed by atoms with E-state index < -0.39 is 11.8 Å². The summed E-state index contributed by atoms with van der Waals surface area (Å²) in [7, 11) is 0.